The molecule has 0 aliphatic rings. The predicted octanol–water partition coefficient (Wildman–Crippen LogP) is 1.50. The first kappa shape index (κ1) is 9.84. The van der Waals surface area contributed by atoms with Crippen LogP contribution in [0.15, 0.2) is 0 Å². The molecule has 1 nitrogen and oxygen atoms in total. The average Bonchev–Trinajstić information content (AvgIpc) is 1.72. The Morgan fingerprint density at radius 3 is 1.83 bits per heavy atom. The normalized spacial score (nSPS) is 5.50. The van der Waals surface area contributed by atoms with Crippen molar-refractivity contribution in [2.75, 3.05) is 0 Å². The van der Waals surface area contributed by atoms with Crippen LogP contribution in [0.4, 0.5) is 0 Å². The Bertz CT molecular complexity index is 15.0. The Balaban J connectivity index is 0. The topological polar surface area (TPSA) is 17.1 Å². The summed E-state index contributed by atoms with van der Waals surface area (Å²) >= 11 is 0.300. The van der Waals surface area contributed by atoms with Crippen LogP contribution in [0.5, 0.6) is 0 Å². The molecule has 0 amide bonds. The number of hydrogen-bond donors (Lipinski definition) is 0. The van der Waals surface area contributed by atoms with Crippen LogP contribution < -0.4 is 0 Å². The molecule has 0 spiro atoms. The minimum atomic E-state index is 0.300. The van der Waals surface area contributed by atoms with Crippen molar-refractivity contribution < 1.29 is 27.5 Å². The molecule has 0 saturated heterocycles. The Labute approximate surface area is 54.4 Å². The summed E-state index contributed by atoms with van der Waals surface area (Å²) in [6.45, 7) is 5.72. The molecule has 36 valence electrons. The zero-order valence-electron chi connectivity index (χ0n) is 4.03. The third-order valence-corrected chi connectivity index (χ3v) is 0.354. The molecular weight excluding hydrogens is 155 g/mol. The first-order valence-electron chi connectivity index (χ1n) is 1.91. The maximum absolute atomic E-state index is 8.34. The summed E-state index contributed by atoms with van der Waals surface area (Å²) in [6, 6.07) is 0. The fourth-order valence-corrected chi connectivity index (χ4v) is 0. The minimum absolute atomic E-state index is 0.300. The molecule has 0 aliphatic carbocycles. The van der Waals surface area contributed by atoms with Gasteiger partial charge < -0.3 is 6.92 Å². The molecule has 0 aliphatic heterocycles. The summed E-state index contributed by atoms with van der Waals surface area (Å²) in [5, 5.41) is 0. The third kappa shape index (κ3) is 22.4. The van der Waals surface area contributed by atoms with Gasteiger partial charge in [0.25, 0.3) is 0 Å². The first-order valence-corrected chi connectivity index (χ1v) is 2.91. The van der Waals surface area contributed by atoms with Gasteiger partial charge in [0.15, 0.2) is 0 Å². The second-order valence-corrected chi connectivity index (χ2v) is 0.854. The van der Waals surface area contributed by atoms with E-state index in [4.69, 9.17) is 2.81 Å². The van der Waals surface area contributed by atoms with Gasteiger partial charge in [-0.25, -0.2) is 0 Å². The fraction of sp³-hybridized carbons (Fsp3) is 0.750. The van der Waals surface area contributed by atoms with Crippen LogP contribution in [0.2, 0.25) is 0 Å². The van der Waals surface area contributed by atoms with Crippen LogP contribution >= 0.6 is 0 Å². The van der Waals surface area contributed by atoms with Gasteiger partial charge in [0.05, 0.1) is 0 Å². The van der Waals surface area contributed by atoms with Gasteiger partial charge in [-0.15, -0.1) is 0 Å². The van der Waals surface area contributed by atoms with Gasteiger partial charge in [-0.05, 0) is 0 Å². The zero-order chi connectivity index (χ0) is 5.41. The summed E-state index contributed by atoms with van der Waals surface area (Å²) in [7, 11) is 0. The monoisotopic (exact) mass is 163 g/mol. The van der Waals surface area contributed by atoms with E-state index in [-0.39, 0.29) is 0 Å². The van der Waals surface area contributed by atoms with Crippen LogP contribution in [-0.4, -0.2) is 0 Å². The van der Waals surface area contributed by atoms with E-state index in [1.54, 1.807) is 0 Å². The predicted molar refractivity (Wildman–Crippen MR) is 21.0 cm³/mol. The van der Waals surface area contributed by atoms with Gasteiger partial charge in [0, 0.05) is 0 Å². The molecule has 0 fully saturated rings. The molecule has 0 saturated carbocycles. The average molecular weight is 164 g/mol. The van der Waals surface area contributed by atoms with Crippen molar-refractivity contribution in [2.24, 2.45) is 0 Å². The molecule has 0 aromatic rings. The summed E-state index contributed by atoms with van der Waals surface area (Å²) in [6.07, 6.45) is 2.28. The Hall–Kier alpha value is 0.683. The Morgan fingerprint density at radius 1 is 1.67 bits per heavy atom. The van der Waals surface area contributed by atoms with Crippen molar-refractivity contribution in [1.29, 1.82) is 0 Å². The van der Waals surface area contributed by atoms with E-state index in [0.717, 1.165) is 6.42 Å². The molecule has 6 heavy (non-hydrogen) atoms. The number of rotatable bonds is 1. The molecule has 0 unspecified atom stereocenters. The van der Waals surface area contributed by atoms with Crippen LogP contribution in [0, 0.1) is 6.92 Å². The molecule has 0 bridgehead atoms. The van der Waals surface area contributed by atoms with E-state index in [0.29, 0.717) is 24.7 Å². The number of unbranched alkanes of at least 4 members (excludes halogenated alkanes) is 1. The molecular formula is C4H9OZr-. The van der Waals surface area contributed by atoms with E-state index in [1.165, 1.54) is 6.42 Å². The molecule has 0 radical (unpaired) electrons. The van der Waals surface area contributed by atoms with Gasteiger partial charge in [0.2, 0.25) is 0 Å². The number of hydrogen-bond acceptors (Lipinski definition) is 1. The molecule has 2 heteroatoms. The molecule has 0 aromatic carbocycles. The van der Waals surface area contributed by atoms with E-state index < -0.39 is 0 Å². The summed E-state index contributed by atoms with van der Waals surface area (Å²) in [5.41, 5.74) is 0. The van der Waals surface area contributed by atoms with Gasteiger partial charge in [-0.1, -0.05) is 13.3 Å². The summed E-state index contributed by atoms with van der Waals surface area (Å²) < 4.78 is 8.34. The van der Waals surface area contributed by atoms with Crippen LogP contribution in [-0.2, 0) is 27.5 Å². The molecule has 0 atom stereocenters. The van der Waals surface area contributed by atoms with E-state index in [1.807, 2.05) is 0 Å². The van der Waals surface area contributed by atoms with Crippen molar-refractivity contribution in [3.8, 4) is 0 Å². The van der Waals surface area contributed by atoms with E-state index in [2.05, 4.69) is 13.8 Å². The molecule has 0 heterocycles. The standard InChI is InChI=1S/C4H9.O.Zr/c1-3-4-2;;/h1,3-4H2,2H3;;/q-1;;. The zero-order valence-corrected chi connectivity index (χ0v) is 6.49. The van der Waals surface area contributed by atoms with Gasteiger partial charge in [-0.2, -0.15) is 6.42 Å². The van der Waals surface area contributed by atoms with Gasteiger partial charge >= 0.3 is 27.5 Å². The summed E-state index contributed by atoms with van der Waals surface area (Å²) in [4.78, 5) is 0. The Morgan fingerprint density at radius 2 is 1.83 bits per heavy atom. The van der Waals surface area contributed by atoms with Crippen molar-refractivity contribution in [3.05, 3.63) is 6.92 Å². The van der Waals surface area contributed by atoms with Gasteiger partial charge in [-0.3, -0.25) is 0 Å². The van der Waals surface area contributed by atoms with Crippen LogP contribution in [0.3, 0.4) is 0 Å². The second kappa shape index (κ2) is 17.3. The van der Waals surface area contributed by atoms with Crippen molar-refractivity contribution >= 4 is 0 Å². The molecule has 0 rings (SSSR count). The fourth-order valence-electron chi connectivity index (χ4n) is 0. The van der Waals surface area contributed by atoms with Gasteiger partial charge in [0.1, 0.15) is 0 Å². The second-order valence-electron chi connectivity index (χ2n) is 0.854. The molecule has 0 N–H and O–H groups in total. The first-order chi connectivity index (χ1) is 2.91. The van der Waals surface area contributed by atoms with Crippen LogP contribution in [0.1, 0.15) is 19.8 Å². The maximum atomic E-state index is 8.34. The van der Waals surface area contributed by atoms with Crippen molar-refractivity contribution in [1.82, 2.24) is 0 Å². The quantitative estimate of drug-likeness (QED) is 0.537. The summed E-state index contributed by atoms with van der Waals surface area (Å²) in [5.74, 6) is 0. The third-order valence-electron chi connectivity index (χ3n) is 0.354. The molecule has 0 aromatic heterocycles. The van der Waals surface area contributed by atoms with Crippen molar-refractivity contribution in [2.45, 2.75) is 19.8 Å². The van der Waals surface area contributed by atoms with E-state index in [9.17, 15) is 0 Å². The van der Waals surface area contributed by atoms with E-state index >= 15 is 0 Å². The van der Waals surface area contributed by atoms with Crippen molar-refractivity contribution in [3.63, 3.8) is 0 Å². The Kier molecular flexibility index (Phi) is 28.4. The SMILES string of the molecule is [CH2-]CCC.[O]=[Zr]. The van der Waals surface area contributed by atoms with Crippen LogP contribution in [0.25, 0.3) is 0 Å².